The molecule has 0 atom stereocenters. The molecule has 3 aromatic carbocycles. The van der Waals surface area contributed by atoms with E-state index in [1.165, 1.54) is 22.3 Å². The predicted octanol–water partition coefficient (Wildman–Crippen LogP) is 5.67. The molecule has 28 heavy (non-hydrogen) atoms. The van der Waals surface area contributed by atoms with Crippen LogP contribution in [0.15, 0.2) is 84.9 Å². The molecule has 0 unspecified atom stereocenters. The second-order valence-corrected chi connectivity index (χ2v) is 6.75. The normalized spacial score (nSPS) is 10.8. The molecule has 0 saturated heterocycles. The van der Waals surface area contributed by atoms with Gasteiger partial charge in [-0.2, -0.15) is 4.98 Å². The van der Waals surface area contributed by atoms with Gasteiger partial charge in [-0.3, -0.25) is 0 Å². The second-order valence-electron chi connectivity index (χ2n) is 6.75. The van der Waals surface area contributed by atoms with Crippen LogP contribution < -0.4 is 0 Å². The van der Waals surface area contributed by atoms with Crippen LogP contribution in [0.4, 0.5) is 0 Å². The molecular weight excluding hydrogens is 344 g/mol. The van der Waals surface area contributed by atoms with Gasteiger partial charge in [0.15, 0.2) is 5.82 Å². The molecule has 0 aliphatic rings. The SMILES string of the molecule is CCc1cccc(Cc2cc(O)nc(-c3ccccc3)n2)c1-c1ccccc1. The maximum absolute atomic E-state index is 10.2. The monoisotopic (exact) mass is 366 g/mol. The molecule has 0 radical (unpaired) electrons. The molecule has 1 heterocycles. The van der Waals surface area contributed by atoms with Gasteiger partial charge in [0.05, 0.1) is 5.69 Å². The van der Waals surface area contributed by atoms with Gasteiger partial charge in [0.1, 0.15) is 0 Å². The van der Waals surface area contributed by atoms with Crippen molar-refractivity contribution < 1.29 is 5.11 Å². The summed E-state index contributed by atoms with van der Waals surface area (Å²) in [6.45, 7) is 2.18. The smallest absolute Gasteiger partial charge is 0.214 e. The minimum atomic E-state index is -0.00300. The lowest BCUT2D eigenvalue weighted by Crippen LogP contribution is -2.00. The Bertz CT molecular complexity index is 1080. The van der Waals surface area contributed by atoms with Crippen LogP contribution in [0.2, 0.25) is 0 Å². The maximum Gasteiger partial charge on any atom is 0.214 e. The first kappa shape index (κ1) is 17.9. The Kier molecular flexibility index (Phi) is 5.16. The van der Waals surface area contributed by atoms with Crippen LogP contribution in [0.3, 0.4) is 0 Å². The van der Waals surface area contributed by atoms with Crippen LogP contribution in [0.5, 0.6) is 5.88 Å². The van der Waals surface area contributed by atoms with Gasteiger partial charge in [0, 0.05) is 18.1 Å². The first-order chi connectivity index (χ1) is 13.7. The zero-order valence-electron chi connectivity index (χ0n) is 15.8. The minimum Gasteiger partial charge on any atom is -0.493 e. The van der Waals surface area contributed by atoms with E-state index in [4.69, 9.17) is 4.98 Å². The van der Waals surface area contributed by atoms with Gasteiger partial charge >= 0.3 is 0 Å². The van der Waals surface area contributed by atoms with Crippen molar-refractivity contribution in [3.8, 4) is 28.4 Å². The van der Waals surface area contributed by atoms with Gasteiger partial charge in [-0.1, -0.05) is 85.8 Å². The molecule has 0 aliphatic carbocycles. The molecule has 4 aromatic rings. The highest BCUT2D eigenvalue weighted by Gasteiger charge is 2.13. The number of aromatic hydroxyl groups is 1. The quantitative estimate of drug-likeness (QED) is 0.495. The van der Waals surface area contributed by atoms with Gasteiger partial charge in [-0.25, -0.2) is 4.98 Å². The van der Waals surface area contributed by atoms with Crippen LogP contribution >= 0.6 is 0 Å². The Morgan fingerprint density at radius 3 is 2.04 bits per heavy atom. The van der Waals surface area contributed by atoms with E-state index in [-0.39, 0.29) is 5.88 Å². The summed E-state index contributed by atoms with van der Waals surface area (Å²) in [5.41, 5.74) is 6.66. The number of benzene rings is 3. The summed E-state index contributed by atoms with van der Waals surface area (Å²) in [5, 5.41) is 10.2. The number of nitrogens with zero attached hydrogens (tertiary/aromatic N) is 2. The van der Waals surface area contributed by atoms with Gasteiger partial charge in [0.2, 0.25) is 5.88 Å². The zero-order valence-corrected chi connectivity index (χ0v) is 15.8. The fourth-order valence-corrected chi connectivity index (χ4v) is 3.56. The molecule has 138 valence electrons. The third-order valence-electron chi connectivity index (χ3n) is 4.85. The number of aromatic nitrogens is 2. The number of aryl methyl sites for hydroxylation is 1. The summed E-state index contributed by atoms with van der Waals surface area (Å²) >= 11 is 0. The van der Waals surface area contributed by atoms with Crippen LogP contribution in [-0.2, 0) is 12.8 Å². The van der Waals surface area contributed by atoms with Crippen molar-refractivity contribution in [3.05, 3.63) is 102 Å². The molecular formula is C25H22N2O. The average Bonchev–Trinajstić information content (AvgIpc) is 2.74. The largest absolute Gasteiger partial charge is 0.493 e. The molecule has 0 spiro atoms. The Morgan fingerprint density at radius 1 is 0.714 bits per heavy atom. The summed E-state index contributed by atoms with van der Waals surface area (Å²) < 4.78 is 0. The molecule has 4 rings (SSSR count). The van der Waals surface area contributed by atoms with Crippen molar-refractivity contribution in [2.24, 2.45) is 0 Å². The van der Waals surface area contributed by atoms with Gasteiger partial charge in [0.25, 0.3) is 0 Å². The zero-order chi connectivity index (χ0) is 19.3. The predicted molar refractivity (Wildman–Crippen MR) is 113 cm³/mol. The Balaban J connectivity index is 1.77. The highest BCUT2D eigenvalue weighted by Crippen LogP contribution is 2.30. The first-order valence-electron chi connectivity index (χ1n) is 9.53. The van der Waals surface area contributed by atoms with Crippen LogP contribution in [0.25, 0.3) is 22.5 Å². The molecule has 0 saturated carbocycles. The van der Waals surface area contributed by atoms with E-state index < -0.39 is 0 Å². The maximum atomic E-state index is 10.2. The Morgan fingerprint density at radius 2 is 1.36 bits per heavy atom. The van der Waals surface area contributed by atoms with Crippen molar-refractivity contribution in [2.45, 2.75) is 19.8 Å². The van der Waals surface area contributed by atoms with E-state index in [2.05, 4.69) is 54.4 Å². The van der Waals surface area contributed by atoms with Crippen molar-refractivity contribution in [1.82, 2.24) is 9.97 Å². The molecule has 0 amide bonds. The van der Waals surface area contributed by atoms with Crippen molar-refractivity contribution in [1.29, 1.82) is 0 Å². The lowest BCUT2D eigenvalue weighted by molar-refractivity contribution is 0.452. The lowest BCUT2D eigenvalue weighted by Gasteiger charge is -2.15. The molecule has 1 N–H and O–H groups in total. The Labute approximate surface area is 165 Å². The van der Waals surface area contributed by atoms with Crippen molar-refractivity contribution >= 4 is 0 Å². The minimum absolute atomic E-state index is 0.00300. The van der Waals surface area contributed by atoms with Gasteiger partial charge < -0.3 is 5.11 Å². The molecule has 3 heteroatoms. The summed E-state index contributed by atoms with van der Waals surface area (Å²) in [6.07, 6.45) is 1.59. The van der Waals surface area contributed by atoms with Crippen LogP contribution in [0.1, 0.15) is 23.7 Å². The fraction of sp³-hybridized carbons (Fsp3) is 0.120. The van der Waals surface area contributed by atoms with Crippen molar-refractivity contribution in [2.75, 3.05) is 0 Å². The van der Waals surface area contributed by atoms with Crippen LogP contribution in [0, 0.1) is 0 Å². The first-order valence-corrected chi connectivity index (χ1v) is 9.53. The number of hydrogen-bond donors (Lipinski definition) is 1. The number of rotatable bonds is 5. The summed E-state index contributed by atoms with van der Waals surface area (Å²) in [4.78, 5) is 8.92. The second kappa shape index (κ2) is 8.05. The highest BCUT2D eigenvalue weighted by molar-refractivity contribution is 5.71. The van der Waals surface area contributed by atoms with E-state index >= 15 is 0 Å². The van der Waals surface area contributed by atoms with Gasteiger partial charge in [-0.05, 0) is 28.7 Å². The van der Waals surface area contributed by atoms with Crippen LogP contribution in [-0.4, -0.2) is 15.1 Å². The molecule has 0 aliphatic heterocycles. The van der Waals surface area contributed by atoms with E-state index in [0.29, 0.717) is 12.2 Å². The topological polar surface area (TPSA) is 46.0 Å². The molecule has 0 bridgehead atoms. The third kappa shape index (κ3) is 3.79. The third-order valence-corrected chi connectivity index (χ3v) is 4.85. The summed E-state index contributed by atoms with van der Waals surface area (Å²) in [5.74, 6) is 0.542. The summed E-state index contributed by atoms with van der Waals surface area (Å²) in [7, 11) is 0. The van der Waals surface area contributed by atoms with Crippen molar-refractivity contribution in [3.63, 3.8) is 0 Å². The van der Waals surface area contributed by atoms with E-state index in [1.54, 1.807) is 6.07 Å². The average molecular weight is 366 g/mol. The van der Waals surface area contributed by atoms with E-state index in [0.717, 1.165) is 17.7 Å². The fourth-order valence-electron chi connectivity index (χ4n) is 3.56. The Hall–Kier alpha value is -3.46. The van der Waals surface area contributed by atoms with E-state index in [9.17, 15) is 5.11 Å². The van der Waals surface area contributed by atoms with E-state index in [1.807, 2.05) is 36.4 Å². The molecule has 1 aromatic heterocycles. The number of hydrogen-bond acceptors (Lipinski definition) is 3. The van der Waals surface area contributed by atoms with Gasteiger partial charge in [-0.15, -0.1) is 0 Å². The standard InChI is InChI=1S/C25H22N2O/c1-2-18-14-9-15-21(24(18)19-10-5-3-6-11-19)16-22-17-23(28)27-25(26-22)20-12-7-4-8-13-20/h3-15,17H,2,16H2,1H3,(H,26,27,28). The lowest BCUT2D eigenvalue weighted by atomic mass is 9.91. The summed E-state index contributed by atoms with van der Waals surface area (Å²) in [6, 6.07) is 28.3. The molecule has 3 nitrogen and oxygen atoms in total. The molecule has 0 fully saturated rings. The highest BCUT2D eigenvalue weighted by atomic mass is 16.3.